The van der Waals surface area contributed by atoms with Crippen molar-refractivity contribution in [3.05, 3.63) is 71.0 Å². The molecule has 0 radical (unpaired) electrons. The average Bonchev–Trinajstić information content (AvgIpc) is 2.46. The highest BCUT2D eigenvalue weighted by atomic mass is 79.9. The van der Waals surface area contributed by atoms with Crippen molar-refractivity contribution in [2.75, 3.05) is 0 Å². The van der Waals surface area contributed by atoms with Gasteiger partial charge in [-0.05, 0) is 29.3 Å². The Labute approximate surface area is 119 Å². The Kier molecular flexibility index (Phi) is 4.45. The first-order valence-corrected chi connectivity index (χ1v) is 6.87. The number of rotatable bonds is 4. The molecule has 98 valence electrons. The third-order valence-corrected chi connectivity index (χ3v) is 3.44. The molecular formula is C15H12BrFO2. The van der Waals surface area contributed by atoms with Crippen molar-refractivity contribution in [1.82, 2.24) is 0 Å². The van der Waals surface area contributed by atoms with E-state index < -0.39 is 17.7 Å². The van der Waals surface area contributed by atoms with E-state index in [1.165, 1.54) is 18.2 Å². The number of hydrogen-bond acceptors (Lipinski definition) is 2. The van der Waals surface area contributed by atoms with Crippen LogP contribution in [-0.4, -0.2) is 10.9 Å². The number of carbonyl (C=O) groups is 1. The summed E-state index contributed by atoms with van der Waals surface area (Å²) in [6.45, 7) is 0. The molecule has 0 saturated heterocycles. The van der Waals surface area contributed by atoms with Crippen molar-refractivity contribution in [3.8, 4) is 0 Å². The minimum absolute atomic E-state index is 0.328. The van der Waals surface area contributed by atoms with E-state index in [0.717, 1.165) is 0 Å². The molecular weight excluding hydrogens is 311 g/mol. The van der Waals surface area contributed by atoms with Gasteiger partial charge in [0.2, 0.25) is 0 Å². The Morgan fingerprint density at radius 1 is 1.21 bits per heavy atom. The number of aliphatic hydroxyl groups excluding tert-OH is 1. The van der Waals surface area contributed by atoms with Gasteiger partial charge < -0.3 is 5.11 Å². The molecule has 0 fully saturated rings. The Balaban J connectivity index is 2.34. The van der Waals surface area contributed by atoms with Gasteiger partial charge in [0.1, 0.15) is 11.9 Å². The Bertz CT molecular complexity index is 584. The van der Waals surface area contributed by atoms with Crippen molar-refractivity contribution >= 4 is 21.7 Å². The van der Waals surface area contributed by atoms with E-state index in [4.69, 9.17) is 0 Å². The Morgan fingerprint density at radius 3 is 2.53 bits per heavy atom. The van der Waals surface area contributed by atoms with E-state index in [1.54, 1.807) is 24.3 Å². The first kappa shape index (κ1) is 13.9. The summed E-state index contributed by atoms with van der Waals surface area (Å²) in [4.78, 5) is 12.2. The van der Waals surface area contributed by atoms with Crippen molar-refractivity contribution in [3.63, 3.8) is 0 Å². The van der Waals surface area contributed by atoms with E-state index >= 15 is 0 Å². The molecule has 0 aliphatic heterocycles. The molecule has 2 rings (SSSR count). The maximum Gasteiger partial charge on any atom is 0.196 e. The molecule has 1 atom stereocenters. The third kappa shape index (κ3) is 3.08. The predicted molar refractivity (Wildman–Crippen MR) is 74.8 cm³/mol. The van der Waals surface area contributed by atoms with Crippen molar-refractivity contribution in [1.29, 1.82) is 0 Å². The summed E-state index contributed by atoms with van der Waals surface area (Å²) in [7, 11) is 0. The van der Waals surface area contributed by atoms with E-state index in [0.29, 0.717) is 22.0 Å². The fourth-order valence-electron chi connectivity index (χ4n) is 1.85. The normalized spacial score (nSPS) is 12.2. The minimum atomic E-state index is -1.23. The van der Waals surface area contributed by atoms with Gasteiger partial charge in [0.05, 0.1) is 0 Å². The fourth-order valence-corrected chi connectivity index (χ4v) is 2.31. The summed E-state index contributed by atoms with van der Waals surface area (Å²) < 4.78 is 13.1. The molecule has 0 spiro atoms. The van der Waals surface area contributed by atoms with Crippen LogP contribution in [0.4, 0.5) is 4.39 Å². The molecule has 0 heterocycles. The molecule has 1 unspecified atom stereocenters. The average molecular weight is 323 g/mol. The monoisotopic (exact) mass is 322 g/mol. The summed E-state index contributed by atoms with van der Waals surface area (Å²) in [5, 5.41) is 10.4. The highest BCUT2D eigenvalue weighted by molar-refractivity contribution is 9.08. The lowest BCUT2D eigenvalue weighted by Gasteiger charge is -2.12. The number of alkyl halides is 1. The zero-order valence-electron chi connectivity index (χ0n) is 10.0. The lowest BCUT2D eigenvalue weighted by Crippen LogP contribution is -2.14. The largest absolute Gasteiger partial charge is 0.380 e. The number of carbonyl (C=O) groups excluding carboxylic acids is 1. The Morgan fingerprint density at radius 2 is 1.89 bits per heavy atom. The summed E-state index contributed by atoms with van der Waals surface area (Å²) in [5.41, 5.74) is 1.38. The molecule has 0 aromatic heterocycles. The summed E-state index contributed by atoms with van der Waals surface area (Å²) in [6.07, 6.45) is -1.23. The smallest absolute Gasteiger partial charge is 0.196 e. The second-order valence-electron chi connectivity index (χ2n) is 4.11. The maximum absolute atomic E-state index is 13.1. The molecule has 19 heavy (non-hydrogen) atoms. The highest BCUT2D eigenvalue weighted by Gasteiger charge is 2.21. The van der Waals surface area contributed by atoms with Gasteiger partial charge >= 0.3 is 0 Å². The van der Waals surface area contributed by atoms with Crippen LogP contribution in [0.1, 0.15) is 27.6 Å². The van der Waals surface area contributed by atoms with Crippen molar-refractivity contribution in [2.24, 2.45) is 0 Å². The second kappa shape index (κ2) is 6.08. The second-order valence-corrected chi connectivity index (χ2v) is 4.67. The van der Waals surface area contributed by atoms with Gasteiger partial charge in [-0.3, -0.25) is 4.79 Å². The van der Waals surface area contributed by atoms with Crippen LogP contribution >= 0.6 is 15.9 Å². The molecule has 2 aromatic carbocycles. The number of Topliss-reactive ketones (excluding diaryl/α,β-unsaturated/α-hetero) is 1. The van der Waals surface area contributed by atoms with Crippen LogP contribution in [0.5, 0.6) is 0 Å². The van der Waals surface area contributed by atoms with Crippen LogP contribution in [0.25, 0.3) is 0 Å². The van der Waals surface area contributed by atoms with Gasteiger partial charge in [0, 0.05) is 10.9 Å². The van der Waals surface area contributed by atoms with E-state index in [1.807, 2.05) is 6.07 Å². The van der Waals surface area contributed by atoms with Crippen LogP contribution in [0.3, 0.4) is 0 Å². The standard InChI is InChI=1S/C15H12BrFO2/c16-9-11-8-12(17)6-7-13(11)15(19)14(18)10-4-2-1-3-5-10/h1-8,14,18H,9H2. The van der Waals surface area contributed by atoms with Crippen LogP contribution in [-0.2, 0) is 5.33 Å². The molecule has 2 nitrogen and oxygen atoms in total. The van der Waals surface area contributed by atoms with Crippen molar-refractivity contribution < 1.29 is 14.3 Å². The molecule has 1 N–H and O–H groups in total. The zero-order chi connectivity index (χ0) is 13.8. The van der Waals surface area contributed by atoms with E-state index in [9.17, 15) is 14.3 Å². The van der Waals surface area contributed by atoms with E-state index in [-0.39, 0.29) is 0 Å². The van der Waals surface area contributed by atoms with Gasteiger partial charge in [-0.15, -0.1) is 0 Å². The number of benzene rings is 2. The molecule has 0 bridgehead atoms. The SMILES string of the molecule is O=C(c1ccc(F)cc1CBr)C(O)c1ccccc1. The molecule has 2 aromatic rings. The number of ketones is 1. The first-order chi connectivity index (χ1) is 9.13. The van der Waals surface area contributed by atoms with E-state index in [2.05, 4.69) is 15.9 Å². The molecule has 4 heteroatoms. The van der Waals surface area contributed by atoms with Crippen LogP contribution in [0.15, 0.2) is 48.5 Å². The number of halogens is 2. The lowest BCUT2D eigenvalue weighted by atomic mass is 9.97. The maximum atomic E-state index is 13.1. The summed E-state index contributed by atoms with van der Waals surface area (Å²) >= 11 is 3.22. The van der Waals surface area contributed by atoms with Crippen LogP contribution < -0.4 is 0 Å². The summed E-state index contributed by atoms with van der Waals surface area (Å²) in [5.74, 6) is -0.833. The summed E-state index contributed by atoms with van der Waals surface area (Å²) in [6, 6.07) is 12.6. The van der Waals surface area contributed by atoms with Gasteiger partial charge in [-0.25, -0.2) is 4.39 Å². The van der Waals surface area contributed by atoms with Gasteiger partial charge in [-0.1, -0.05) is 46.3 Å². The molecule has 0 amide bonds. The number of hydrogen-bond donors (Lipinski definition) is 1. The molecule has 0 aliphatic carbocycles. The zero-order valence-corrected chi connectivity index (χ0v) is 11.6. The molecule has 0 aliphatic rings. The topological polar surface area (TPSA) is 37.3 Å². The fraction of sp³-hybridized carbons (Fsp3) is 0.133. The van der Waals surface area contributed by atoms with Gasteiger partial charge in [0.25, 0.3) is 0 Å². The third-order valence-electron chi connectivity index (χ3n) is 2.84. The van der Waals surface area contributed by atoms with Crippen LogP contribution in [0, 0.1) is 5.82 Å². The Hall–Kier alpha value is -1.52. The predicted octanol–water partition coefficient (Wildman–Crippen LogP) is 3.64. The quantitative estimate of drug-likeness (QED) is 0.689. The van der Waals surface area contributed by atoms with Crippen LogP contribution in [0.2, 0.25) is 0 Å². The number of aliphatic hydroxyl groups is 1. The van der Waals surface area contributed by atoms with Crippen molar-refractivity contribution in [2.45, 2.75) is 11.4 Å². The minimum Gasteiger partial charge on any atom is -0.380 e. The van der Waals surface area contributed by atoms with Gasteiger partial charge in [-0.2, -0.15) is 0 Å². The first-order valence-electron chi connectivity index (χ1n) is 5.75. The highest BCUT2D eigenvalue weighted by Crippen LogP contribution is 2.22. The van der Waals surface area contributed by atoms with Gasteiger partial charge in [0.15, 0.2) is 5.78 Å². The lowest BCUT2D eigenvalue weighted by molar-refractivity contribution is 0.0746. The molecule has 0 saturated carbocycles.